The Bertz CT molecular complexity index is 336. The molecule has 0 unspecified atom stereocenters. The van der Waals surface area contributed by atoms with E-state index in [1.807, 2.05) is 6.07 Å². The van der Waals surface area contributed by atoms with Crippen LogP contribution in [0.3, 0.4) is 0 Å². The van der Waals surface area contributed by atoms with Crippen molar-refractivity contribution < 1.29 is 9.13 Å². The molecule has 16 heavy (non-hydrogen) atoms. The minimum atomic E-state index is -0.239. The number of halogens is 1. The third kappa shape index (κ3) is 2.73. The van der Waals surface area contributed by atoms with Gasteiger partial charge < -0.3 is 10.1 Å². The van der Waals surface area contributed by atoms with Crippen LogP contribution in [-0.4, -0.2) is 19.2 Å². The second-order valence-corrected chi connectivity index (χ2v) is 4.27. The zero-order chi connectivity index (χ0) is 11.4. The molecule has 1 heterocycles. The van der Waals surface area contributed by atoms with Gasteiger partial charge in [-0.1, -0.05) is 13.0 Å². The lowest BCUT2D eigenvalue weighted by molar-refractivity contribution is 0.138. The van der Waals surface area contributed by atoms with Crippen molar-refractivity contribution in [2.75, 3.05) is 13.1 Å². The van der Waals surface area contributed by atoms with E-state index in [0.717, 1.165) is 25.9 Å². The van der Waals surface area contributed by atoms with Crippen molar-refractivity contribution in [3.8, 4) is 5.75 Å². The summed E-state index contributed by atoms with van der Waals surface area (Å²) in [5, 5.41) is 3.33. The average Bonchev–Trinajstić information content (AvgIpc) is 2.79. The zero-order valence-corrected chi connectivity index (χ0v) is 9.58. The minimum absolute atomic E-state index is 0.191. The van der Waals surface area contributed by atoms with Crippen molar-refractivity contribution in [1.82, 2.24) is 5.32 Å². The molecule has 1 aromatic carbocycles. The van der Waals surface area contributed by atoms with Gasteiger partial charge in [-0.05, 0) is 31.5 Å². The molecule has 0 amide bonds. The first-order chi connectivity index (χ1) is 7.79. The number of nitrogens with one attached hydrogen (secondary N) is 1. The summed E-state index contributed by atoms with van der Waals surface area (Å²) >= 11 is 0. The van der Waals surface area contributed by atoms with Gasteiger partial charge in [-0.2, -0.15) is 0 Å². The van der Waals surface area contributed by atoms with Crippen molar-refractivity contribution in [2.24, 2.45) is 5.92 Å². The van der Waals surface area contributed by atoms with Crippen LogP contribution in [0.15, 0.2) is 24.3 Å². The minimum Gasteiger partial charge on any atom is -0.490 e. The van der Waals surface area contributed by atoms with Crippen LogP contribution < -0.4 is 10.1 Å². The molecule has 3 heteroatoms. The molecular formula is C13H18FNO. The Hall–Kier alpha value is -1.09. The first kappa shape index (κ1) is 11.4. The van der Waals surface area contributed by atoms with Gasteiger partial charge in [0.1, 0.15) is 17.7 Å². The summed E-state index contributed by atoms with van der Waals surface area (Å²) in [5.41, 5.74) is 0. The van der Waals surface area contributed by atoms with E-state index in [0.29, 0.717) is 11.7 Å². The van der Waals surface area contributed by atoms with Crippen LogP contribution in [0.25, 0.3) is 0 Å². The highest BCUT2D eigenvalue weighted by molar-refractivity contribution is 5.22. The van der Waals surface area contributed by atoms with Crippen LogP contribution >= 0.6 is 0 Å². The standard InChI is InChI=1S/C13H18FNO/c1-2-13(10-6-7-15-9-10)16-12-5-3-4-11(14)8-12/h3-5,8,10,13,15H,2,6-7,9H2,1H3/t10-,13-/m0/s1. The molecule has 0 aromatic heterocycles. The Kier molecular flexibility index (Phi) is 3.78. The Balaban J connectivity index is 2.00. The monoisotopic (exact) mass is 223 g/mol. The molecule has 0 saturated carbocycles. The summed E-state index contributed by atoms with van der Waals surface area (Å²) in [6.07, 6.45) is 2.30. The predicted molar refractivity (Wildman–Crippen MR) is 62.1 cm³/mol. The second-order valence-electron chi connectivity index (χ2n) is 4.27. The van der Waals surface area contributed by atoms with Gasteiger partial charge in [-0.25, -0.2) is 4.39 Å². The summed E-state index contributed by atoms with van der Waals surface area (Å²) in [7, 11) is 0. The Labute approximate surface area is 95.8 Å². The maximum Gasteiger partial charge on any atom is 0.126 e. The van der Waals surface area contributed by atoms with E-state index in [1.165, 1.54) is 12.1 Å². The largest absolute Gasteiger partial charge is 0.490 e. The van der Waals surface area contributed by atoms with Crippen molar-refractivity contribution in [3.05, 3.63) is 30.1 Å². The van der Waals surface area contributed by atoms with Crippen molar-refractivity contribution in [3.63, 3.8) is 0 Å². The number of hydrogen-bond acceptors (Lipinski definition) is 2. The Morgan fingerprint density at radius 1 is 1.56 bits per heavy atom. The number of rotatable bonds is 4. The lowest BCUT2D eigenvalue weighted by Gasteiger charge is -2.23. The van der Waals surface area contributed by atoms with E-state index in [-0.39, 0.29) is 11.9 Å². The summed E-state index contributed by atoms with van der Waals surface area (Å²) in [5.74, 6) is 0.948. The molecule has 2 rings (SSSR count). The normalized spacial score (nSPS) is 22.0. The van der Waals surface area contributed by atoms with Crippen molar-refractivity contribution >= 4 is 0 Å². The summed E-state index contributed by atoms with van der Waals surface area (Å²) in [6, 6.07) is 6.38. The highest BCUT2D eigenvalue weighted by Gasteiger charge is 2.24. The quantitative estimate of drug-likeness (QED) is 0.847. The maximum atomic E-state index is 13.0. The maximum absolute atomic E-state index is 13.0. The third-order valence-corrected chi connectivity index (χ3v) is 3.11. The van der Waals surface area contributed by atoms with Crippen LogP contribution in [0.2, 0.25) is 0 Å². The van der Waals surface area contributed by atoms with E-state index >= 15 is 0 Å². The molecule has 1 aliphatic rings. The first-order valence-electron chi connectivity index (χ1n) is 5.92. The van der Waals surface area contributed by atoms with Gasteiger partial charge >= 0.3 is 0 Å². The molecule has 0 radical (unpaired) electrons. The molecule has 2 atom stereocenters. The highest BCUT2D eigenvalue weighted by atomic mass is 19.1. The van der Waals surface area contributed by atoms with Crippen LogP contribution in [0.1, 0.15) is 19.8 Å². The fourth-order valence-corrected chi connectivity index (χ4v) is 2.22. The molecular weight excluding hydrogens is 205 g/mol. The van der Waals surface area contributed by atoms with E-state index in [1.54, 1.807) is 6.07 Å². The van der Waals surface area contributed by atoms with Crippen LogP contribution in [0.4, 0.5) is 4.39 Å². The molecule has 88 valence electrons. The highest BCUT2D eigenvalue weighted by Crippen LogP contribution is 2.22. The third-order valence-electron chi connectivity index (χ3n) is 3.11. The molecule has 1 N–H and O–H groups in total. The van der Waals surface area contributed by atoms with E-state index < -0.39 is 0 Å². The second kappa shape index (κ2) is 5.30. The van der Waals surface area contributed by atoms with Crippen LogP contribution in [0, 0.1) is 11.7 Å². The molecule has 0 bridgehead atoms. The van der Waals surface area contributed by atoms with Gasteiger partial charge in [0.05, 0.1) is 0 Å². The van der Waals surface area contributed by atoms with Crippen molar-refractivity contribution in [2.45, 2.75) is 25.9 Å². The van der Waals surface area contributed by atoms with E-state index in [4.69, 9.17) is 4.74 Å². The van der Waals surface area contributed by atoms with Gasteiger partial charge in [-0.3, -0.25) is 0 Å². The zero-order valence-electron chi connectivity index (χ0n) is 9.58. The average molecular weight is 223 g/mol. The summed E-state index contributed by atoms with van der Waals surface area (Å²) < 4.78 is 18.9. The molecule has 1 aliphatic heterocycles. The smallest absolute Gasteiger partial charge is 0.126 e. The summed E-state index contributed by atoms with van der Waals surface area (Å²) in [6.45, 7) is 4.18. The molecule has 1 aromatic rings. The van der Waals surface area contributed by atoms with Gasteiger partial charge in [-0.15, -0.1) is 0 Å². The number of hydrogen-bond donors (Lipinski definition) is 1. The lowest BCUT2D eigenvalue weighted by atomic mass is 9.99. The van der Waals surface area contributed by atoms with E-state index in [9.17, 15) is 4.39 Å². The molecule has 2 nitrogen and oxygen atoms in total. The van der Waals surface area contributed by atoms with Gasteiger partial charge in [0.15, 0.2) is 0 Å². The van der Waals surface area contributed by atoms with Gasteiger partial charge in [0, 0.05) is 18.5 Å². The molecule has 0 spiro atoms. The Morgan fingerprint density at radius 2 is 2.44 bits per heavy atom. The fraction of sp³-hybridized carbons (Fsp3) is 0.538. The Morgan fingerprint density at radius 3 is 3.06 bits per heavy atom. The first-order valence-corrected chi connectivity index (χ1v) is 5.92. The van der Waals surface area contributed by atoms with E-state index in [2.05, 4.69) is 12.2 Å². The predicted octanol–water partition coefficient (Wildman–Crippen LogP) is 2.59. The molecule has 1 fully saturated rings. The molecule has 0 aliphatic carbocycles. The van der Waals surface area contributed by atoms with Crippen LogP contribution in [0.5, 0.6) is 5.75 Å². The van der Waals surface area contributed by atoms with Gasteiger partial charge in [0.25, 0.3) is 0 Å². The number of benzene rings is 1. The van der Waals surface area contributed by atoms with Crippen molar-refractivity contribution in [1.29, 1.82) is 0 Å². The van der Waals surface area contributed by atoms with Gasteiger partial charge in [0.2, 0.25) is 0 Å². The fourth-order valence-electron chi connectivity index (χ4n) is 2.22. The SMILES string of the molecule is CC[C@H](Oc1cccc(F)c1)[C@H]1CCNC1. The summed E-state index contributed by atoms with van der Waals surface area (Å²) in [4.78, 5) is 0. The number of ether oxygens (including phenoxy) is 1. The topological polar surface area (TPSA) is 21.3 Å². The molecule has 1 saturated heterocycles. The van der Waals surface area contributed by atoms with Crippen LogP contribution in [-0.2, 0) is 0 Å². The lowest BCUT2D eigenvalue weighted by Crippen LogP contribution is -2.28.